The predicted molar refractivity (Wildman–Crippen MR) is 102 cm³/mol. The van der Waals surface area contributed by atoms with E-state index in [2.05, 4.69) is 5.10 Å². The molecule has 0 saturated heterocycles. The maximum absolute atomic E-state index is 13.2. The molecule has 1 aliphatic rings. The van der Waals surface area contributed by atoms with Crippen molar-refractivity contribution in [3.05, 3.63) is 83.4 Å². The van der Waals surface area contributed by atoms with Gasteiger partial charge in [0, 0.05) is 24.4 Å². The van der Waals surface area contributed by atoms with Crippen LogP contribution < -0.4 is 4.74 Å². The van der Waals surface area contributed by atoms with E-state index in [9.17, 15) is 9.18 Å². The van der Waals surface area contributed by atoms with Gasteiger partial charge in [-0.1, -0.05) is 12.1 Å². The molecule has 0 spiro atoms. The highest BCUT2D eigenvalue weighted by atomic mass is 19.1. The summed E-state index contributed by atoms with van der Waals surface area (Å²) in [6.07, 6.45) is 5.79. The van der Waals surface area contributed by atoms with E-state index >= 15 is 0 Å². The Labute approximate surface area is 156 Å². The number of Topliss-reactive ketones (excluding diaryl/α,β-unsaturated/α-hetero) is 1. The molecule has 0 saturated carbocycles. The topological polar surface area (TPSA) is 44.1 Å². The van der Waals surface area contributed by atoms with Gasteiger partial charge in [0.25, 0.3) is 0 Å². The number of rotatable bonds is 4. The summed E-state index contributed by atoms with van der Waals surface area (Å²) in [6.45, 7) is 4.05. The second-order valence-corrected chi connectivity index (χ2v) is 7.22. The fourth-order valence-corrected chi connectivity index (χ4v) is 3.26. The van der Waals surface area contributed by atoms with Crippen LogP contribution in [0.5, 0.6) is 5.75 Å². The number of benzene rings is 2. The van der Waals surface area contributed by atoms with Gasteiger partial charge >= 0.3 is 0 Å². The Balaban J connectivity index is 1.73. The van der Waals surface area contributed by atoms with Crippen LogP contribution in [0.4, 0.5) is 4.39 Å². The minimum atomic E-state index is -0.319. The highest BCUT2D eigenvalue weighted by Gasteiger charge is 2.30. The van der Waals surface area contributed by atoms with E-state index in [1.165, 1.54) is 16.8 Å². The van der Waals surface area contributed by atoms with Gasteiger partial charge in [0.05, 0.1) is 0 Å². The molecule has 2 aromatic carbocycles. The van der Waals surface area contributed by atoms with Gasteiger partial charge in [0.1, 0.15) is 22.9 Å². The minimum absolute atomic E-state index is 0.157. The SMILES string of the molecule is CC1(C)Cc2cc(C(=O)C(=Cc3ccc(F)cc3)n3cccn3)ccc2O1. The number of halogens is 1. The van der Waals surface area contributed by atoms with Crippen molar-refractivity contribution in [1.82, 2.24) is 9.78 Å². The molecule has 0 fully saturated rings. The van der Waals surface area contributed by atoms with Crippen LogP contribution in [0.25, 0.3) is 11.8 Å². The zero-order chi connectivity index (χ0) is 19.0. The number of carbonyl (C=O) groups excluding carboxylic acids is 1. The summed E-state index contributed by atoms with van der Waals surface area (Å²) in [6, 6.07) is 13.2. The molecule has 4 nitrogen and oxygen atoms in total. The molecular weight excluding hydrogens is 343 g/mol. The highest BCUT2D eigenvalue weighted by Crippen LogP contribution is 2.35. The van der Waals surface area contributed by atoms with Crippen LogP contribution in [-0.2, 0) is 6.42 Å². The molecule has 0 N–H and O–H groups in total. The van der Waals surface area contributed by atoms with Crippen molar-refractivity contribution < 1.29 is 13.9 Å². The van der Waals surface area contributed by atoms with Gasteiger partial charge in [0.15, 0.2) is 0 Å². The molecule has 0 aliphatic carbocycles. The first-order valence-electron chi connectivity index (χ1n) is 8.75. The lowest BCUT2D eigenvalue weighted by Crippen LogP contribution is -2.24. The quantitative estimate of drug-likeness (QED) is 0.503. The van der Waals surface area contributed by atoms with Crippen LogP contribution in [-0.4, -0.2) is 21.2 Å². The molecule has 3 aromatic rings. The first kappa shape index (κ1) is 17.2. The lowest BCUT2D eigenvalue weighted by Gasteiger charge is -2.16. The zero-order valence-corrected chi connectivity index (χ0v) is 15.1. The van der Waals surface area contributed by atoms with Gasteiger partial charge in [0.2, 0.25) is 5.78 Å². The van der Waals surface area contributed by atoms with E-state index in [0.29, 0.717) is 11.3 Å². The van der Waals surface area contributed by atoms with Crippen molar-refractivity contribution in [2.24, 2.45) is 0 Å². The fourth-order valence-electron chi connectivity index (χ4n) is 3.26. The van der Waals surface area contributed by atoms with Crippen LogP contribution >= 0.6 is 0 Å². The van der Waals surface area contributed by atoms with Gasteiger partial charge in [-0.3, -0.25) is 4.79 Å². The third-order valence-electron chi connectivity index (χ3n) is 4.48. The number of carbonyl (C=O) groups is 1. The average molecular weight is 362 g/mol. The second kappa shape index (κ2) is 6.50. The number of hydrogen-bond acceptors (Lipinski definition) is 3. The van der Waals surface area contributed by atoms with Crippen molar-refractivity contribution in [1.29, 1.82) is 0 Å². The lowest BCUT2D eigenvalue weighted by atomic mass is 9.98. The Morgan fingerprint density at radius 1 is 1.22 bits per heavy atom. The average Bonchev–Trinajstić information content (AvgIpc) is 3.26. The van der Waals surface area contributed by atoms with Gasteiger partial charge in [-0.15, -0.1) is 0 Å². The first-order valence-corrected chi connectivity index (χ1v) is 8.75. The Bertz CT molecular complexity index is 1020. The Morgan fingerprint density at radius 2 is 2.00 bits per heavy atom. The highest BCUT2D eigenvalue weighted by molar-refractivity contribution is 6.27. The smallest absolute Gasteiger partial charge is 0.211 e. The summed E-state index contributed by atoms with van der Waals surface area (Å²) in [5.41, 5.74) is 2.44. The van der Waals surface area contributed by atoms with Crippen LogP contribution in [0.1, 0.15) is 35.3 Å². The van der Waals surface area contributed by atoms with E-state index in [-0.39, 0.29) is 17.2 Å². The van der Waals surface area contributed by atoms with Crippen LogP contribution in [0.15, 0.2) is 60.9 Å². The fraction of sp³-hybridized carbons (Fsp3) is 0.182. The van der Waals surface area contributed by atoms with Crippen molar-refractivity contribution in [2.75, 3.05) is 0 Å². The second-order valence-electron chi connectivity index (χ2n) is 7.22. The van der Waals surface area contributed by atoms with Gasteiger partial charge < -0.3 is 4.74 Å². The van der Waals surface area contributed by atoms with Crippen molar-refractivity contribution >= 4 is 17.6 Å². The van der Waals surface area contributed by atoms with E-state index in [4.69, 9.17) is 4.74 Å². The van der Waals surface area contributed by atoms with Gasteiger partial charge in [-0.05, 0) is 67.4 Å². The number of hydrogen-bond donors (Lipinski definition) is 0. The largest absolute Gasteiger partial charge is 0.487 e. The Morgan fingerprint density at radius 3 is 2.70 bits per heavy atom. The standard InChI is InChI=1S/C22H19FN2O2/c1-22(2)14-17-13-16(6-9-20(17)27-22)21(26)19(25-11-3-10-24-25)12-15-4-7-18(23)8-5-15/h3-13H,14H2,1-2H3. The van der Waals surface area contributed by atoms with Crippen LogP contribution in [0, 0.1) is 5.82 Å². The van der Waals surface area contributed by atoms with Crippen molar-refractivity contribution in [3.63, 3.8) is 0 Å². The Kier molecular flexibility index (Phi) is 4.15. The normalized spacial score (nSPS) is 15.3. The molecule has 1 aromatic heterocycles. The number of aromatic nitrogens is 2. The summed E-state index contributed by atoms with van der Waals surface area (Å²) in [5, 5.41) is 4.20. The minimum Gasteiger partial charge on any atom is -0.487 e. The molecule has 0 bridgehead atoms. The van der Waals surface area contributed by atoms with Crippen molar-refractivity contribution in [2.45, 2.75) is 25.9 Å². The third-order valence-corrected chi connectivity index (χ3v) is 4.48. The maximum Gasteiger partial charge on any atom is 0.211 e. The number of fused-ring (bicyclic) bond motifs is 1. The van der Waals surface area contributed by atoms with Crippen LogP contribution in [0.2, 0.25) is 0 Å². The molecule has 4 rings (SSSR count). The number of allylic oxidation sites excluding steroid dienone is 1. The first-order chi connectivity index (χ1) is 12.9. The lowest BCUT2D eigenvalue weighted by molar-refractivity contribution is 0.105. The molecule has 0 unspecified atom stereocenters. The monoisotopic (exact) mass is 362 g/mol. The molecular formula is C22H19FN2O2. The van der Waals surface area contributed by atoms with E-state index in [1.54, 1.807) is 42.7 Å². The molecule has 27 heavy (non-hydrogen) atoms. The zero-order valence-electron chi connectivity index (χ0n) is 15.1. The molecule has 136 valence electrons. The third kappa shape index (κ3) is 3.53. The molecule has 1 aliphatic heterocycles. The number of ketones is 1. The van der Waals surface area contributed by atoms with E-state index < -0.39 is 0 Å². The molecule has 2 heterocycles. The van der Waals surface area contributed by atoms with Crippen molar-refractivity contribution in [3.8, 4) is 5.75 Å². The number of ether oxygens (including phenoxy) is 1. The van der Waals surface area contributed by atoms with Crippen LogP contribution in [0.3, 0.4) is 0 Å². The molecule has 5 heteroatoms. The van der Waals surface area contributed by atoms with E-state index in [1.807, 2.05) is 26.0 Å². The predicted octanol–water partition coefficient (Wildman–Crippen LogP) is 4.62. The van der Waals surface area contributed by atoms with Gasteiger partial charge in [-0.2, -0.15) is 5.10 Å². The molecule has 0 radical (unpaired) electrons. The summed E-state index contributed by atoms with van der Waals surface area (Å²) in [5.74, 6) is 0.343. The van der Waals surface area contributed by atoms with E-state index in [0.717, 1.165) is 23.3 Å². The maximum atomic E-state index is 13.2. The van der Waals surface area contributed by atoms with Gasteiger partial charge in [-0.25, -0.2) is 9.07 Å². The molecule has 0 amide bonds. The summed E-state index contributed by atoms with van der Waals surface area (Å²) in [7, 11) is 0. The summed E-state index contributed by atoms with van der Waals surface area (Å²) < 4.78 is 20.6. The molecule has 0 atom stereocenters. The summed E-state index contributed by atoms with van der Waals surface area (Å²) in [4.78, 5) is 13.2. The Hall–Kier alpha value is -3.21. The number of nitrogens with zero attached hydrogens (tertiary/aromatic N) is 2. The summed E-state index contributed by atoms with van der Waals surface area (Å²) >= 11 is 0.